The minimum Gasteiger partial charge on any atom is -0.449 e. The Labute approximate surface area is 102 Å². The first-order chi connectivity index (χ1) is 7.66. The Hall–Kier alpha value is -0.480. The predicted molar refractivity (Wildman–Crippen MR) is 62.7 cm³/mol. The molecule has 1 fully saturated rings. The van der Waals surface area contributed by atoms with E-state index in [-0.39, 0.29) is 12.1 Å². The lowest BCUT2D eigenvalue weighted by molar-refractivity contribution is 0.0240. The van der Waals surface area contributed by atoms with Crippen molar-refractivity contribution in [3.05, 3.63) is 0 Å². The number of likely N-dealkylation sites (tertiary alicyclic amines) is 1. The molecular weight excluding hydrogens is 230 g/mol. The SMILES string of the molecule is CC(O)C1CCCCN1C(=O)OCCCCl. The van der Waals surface area contributed by atoms with E-state index in [9.17, 15) is 9.90 Å². The molecule has 0 radical (unpaired) electrons. The zero-order valence-electron chi connectivity index (χ0n) is 9.69. The Morgan fingerprint density at radius 2 is 2.38 bits per heavy atom. The monoisotopic (exact) mass is 249 g/mol. The van der Waals surface area contributed by atoms with Crippen LogP contribution < -0.4 is 0 Å². The molecule has 1 heterocycles. The molecule has 94 valence electrons. The van der Waals surface area contributed by atoms with E-state index in [0.29, 0.717) is 25.5 Å². The first-order valence-corrected chi connectivity index (χ1v) is 6.37. The third-order valence-corrected chi connectivity index (χ3v) is 3.11. The molecule has 16 heavy (non-hydrogen) atoms. The van der Waals surface area contributed by atoms with Crippen LogP contribution in [0.4, 0.5) is 4.79 Å². The van der Waals surface area contributed by atoms with Crippen LogP contribution in [0.2, 0.25) is 0 Å². The number of rotatable bonds is 4. The van der Waals surface area contributed by atoms with Crippen LogP contribution in [0, 0.1) is 0 Å². The molecule has 0 aliphatic carbocycles. The van der Waals surface area contributed by atoms with Gasteiger partial charge in [-0.05, 0) is 32.6 Å². The number of carbonyl (C=O) groups is 1. The highest BCUT2D eigenvalue weighted by molar-refractivity contribution is 6.17. The molecule has 1 aliphatic heterocycles. The molecule has 5 heteroatoms. The van der Waals surface area contributed by atoms with Crippen LogP contribution in [0.15, 0.2) is 0 Å². The number of aliphatic hydroxyl groups excluding tert-OH is 1. The van der Waals surface area contributed by atoms with Crippen molar-refractivity contribution >= 4 is 17.7 Å². The van der Waals surface area contributed by atoms with Gasteiger partial charge in [-0.3, -0.25) is 0 Å². The second-order valence-electron chi connectivity index (χ2n) is 4.15. The van der Waals surface area contributed by atoms with E-state index >= 15 is 0 Å². The fourth-order valence-corrected chi connectivity index (χ4v) is 2.09. The molecule has 4 nitrogen and oxygen atoms in total. The fraction of sp³-hybridized carbons (Fsp3) is 0.909. The highest BCUT2D eigenvalue weighted by Crippen LogP contribution is 2.20. The summed E-state index contributed by atoms with van der Waals surface area (Å²) in [5.74, 6) is 0.493. The number of nitrogens with zero attached hydrogens (tertiary/aromatic N) is 1. The van der Waals surface area contributed by atoms with Gasteiger partial charge in [0.2, 0.25) is 0 Å². The Kier molecular flexibility index (Phi) is 5.91. The predicted octanol–water partition coefficient (Wildman–Crippen LogP) is 1.99. The molecule has 0 spiro atoms. The van der Waals surface area contributed by atoms with Gasteiger partial charge in [-0.25, -0.2) is 4.79 Å². The minimum absolute atomic E-state index is 0.0998. The highest BCUT2D eigenvalue weighted by Gasteiger charge is 2.30. The Balaban J connectivity index is 2.44. The van der Waals surface area contributed by atoms with Gasteiger partial charge in [0.1, 0.15) is 0 Å². The maximum atomic E-state index is 11.7. The number of hydrogen-bond acceptors (Lipinski definition) is 3. The van der Waals surface area contributed by atoms with Crippen molar-refractivity contribution in [1.29, 1.82) is 0 Å². The van der Waals surface area contributed by atoms with Crippen molar-refractivity contribution in [2.45, 2.75) is 44.8 Å². The molecule has 1 N–H and O–H groups in total. The number of aliphatic hydroxyl groups is 1. The van der Waals surface area contributed by atoms with Crippen LogP contribution in [0.3, 0.4) is 0 Å². The lowest BCUT2D eigenvalue weighted by Gasteiger charge is -2.36. The Morgan fingerprint density at radius 1 is 1.62 bits per heavy atom. The molecular formula is C11H20ClNO3. The summed E-state index contributed by atoms with van der Waals surface area (Å²) in [6.45, 7) is 2.75. The molecule has 0 saturated carbocycles. The van der Waals surface area contributed by atoms with Gasteiger partial charge in [-0.1, -0.05) is 0 Å². The molecule has 0 aromatic carbocycles. The van der Waals surface area contributed by atoms with Crippen molar-refractivity contribution in [2.75, 3.05) is 19.0 Å². The van der Waals surface area contributed by atoms with Gasteiger partial charge in [0.25, 0.3) is 0 Å². The van der Waals surface area contributed by atoms with E-state index in [1.165, 1.54) is 0 Å². The van der Waals surface area contributed by atoms with Crippen LogP contribution in [0.25, 0.3) is 0 Å². The van der Waals surface area contributed by atoms with Crippen LogP contribution >= 0.6 is 11.6 Å². The number of alkyl halides is 1. The van der Waals surface area contributed by atoms with Crippen molar-refractivity contribution in [3.63, 3.8) is 0 Å². The van der Waals surface area contributed by atoms with Gasteiger partial charge >= 0.3 is 6.09 Å². The summed E-state index contributed by atoms with van der Waals surface area (Å²) in [7, 11) is 0. The van der Waals surface area contributed by atoms with Gasteiger partial charge in [0.15, 0.2) is 0 Å². The lowest BCUT2D eigenvalue weighted by Crippen LogP contribution is -2.49. The van der Waals surface area contributed by atoms with E-state index in [0.717, 1.165) is 19.3 Å². The van der Waals surface area contributed by atoms with Crippen molar-refractivity contribution in [1.82, 2.24) is 4.90 Å². The van der Waals surface area contributed by atoms with Crippen molar-refractivity contribution in [3.8, 4) is 0 Å². The third-order valence-electron chi connectivity index (χ3n) is 2.84. The second kappa shape index (κ2) is 6.97. The first-order valence-electron chi connectivity index (χ1n) is 5.84. The number of hydrogen-bond donors (Lipinski definition) is 1. The Bertz CT molecular complexity index is 223. The summed E-state index contributed by atoms with van der Waals surface area (Å²) in [6.07, 6.45) is 2.73. The number of ether oxygens (including phenoxy) is 1. The largest absolute Gasteiger partial charge is 0.449 e. The summed E-state index contributed by atoms with van der Waals surface area (Å²) in [5.41, 5.74) is 0. The smallest absolute Gasteiger partial charge is 0.410 e. The van der Waals surface area contributed by atoms with Gasteiger partial charge in [0, 0.05) is 12.4 Å². The fourth-order valence-electron chi connectivity index (χ4n) is 1.98. The van der Waals surface area contributed by atoms with Crippen molar-refractivity contribution in [2.24, 2.45) is 0 Å². The molecule has 0 aromatic heterocycles. The lowest BCUT2D eigenvalue weighted by atomic mass is 9.99. The van der Waals surface area contributed by atoms with E-state index in [1.54, 1.807) is 11.8 Å². The van der Waals surface area contributed by atoms with E-state index in [1.807, 2.05) is 0 Å². The number of amides is 1. The van der Waals surface area contributed by atoms with Crippen LogP contribution in [-0.2, 0) is 4.74 Å². The number of halogens is 1. The van der Waals surface area contributed by atoms with E-state index < -0.39 is 6.10 Å². The summed E-state index contributed by atoms with van der Waals surface area (Å²) in [4.78, 5) is 13.4. The van der Waals surface area contributed by atoms with Crippen LogP contribution in [-0.4, -0.2) is 47.3 Å². The van der Waals surface area contributed by atoms with Gasteiger partial charge in [0.05, 0.1) is 18.8 Å². The molecule has 0 bridgehead atoms. The molecule has 2 atom stereocenters. The molecule has 0 aromatic rings. The van der Waals surface area contributed by atoms with Crippen LogP contribution in [0.5, 0.6) is 0 Å². The summed E-state index contributed by atoms with van der Waals surface area (Å²) in [6, 6.07) is -0.0998. The third kappa shape index (κ3) is 3.83. The molecule has 1 saturated heterocycles. The maximum absolute atomic E-state index is 11.7. The molecule has 1 aliphatic rings. The van der Waals surface area contributed by atoms with E-state index in [4.69, 9.17) is 16.3 Å². The zero-order chi connectivity index (χ0) is 12.0. The van der Waals surface area contributed by atoms with Gasteiger partial charge < -0.3 is 14.7 Å². The quantitative estimate of drug-likeness (QED) is 0.612. The average Bonchev–Trinajstić information content (AvgIpc) is 2.29. The highest BCUT2D eigenvalue weighted by atomic mass is 35.5. The summed E-state index contributed by atoms with van der Waals surface area (Å²) in [5, 5.41) is 9.60. The van der Waals surface area contributed by atoms with E-state index in [2.05, 4.69) is 0 Å². The zero-order valence-corrected chi connectivity index (χ0v) is 10.4. The normalized spacial score (nSPS) is 22.9. The number of piperidine rings is 1. The standard InChI is InChI=1S/C11H20ClNO3/c1-9(14)10-5-2-3-7-13(10)11(15)16-8-4-6-12/h9-10,14H,2-8H2,1H3. The molecule has 2 unspecified atom stereocenters. The van der Waals surface area contributed by atoms with Gasteiger partial charge in [-0.2, -0.15) is 0 Å². The minimum atomic E-state index is -0.499. The van der Waals surface area contributed by atoms with Crippen molar-refractivity contribution < 1.29 is 14.6 Å². The van der Waals surface area contributed by atoms with Gasteiger partial charge in [-0.15, -0.1) is 11.6 Å². The van der Waals surface area contributed by atoms with Crippen LogP contribution in [0.1, 0.15) is 32.6 Å². The first kappa shape index (κ1) is 13.6. The average molecular weight is 250 g/mol. The number of carbonyl (C=O) groups excluding carboxylic acids is 1. The summed E-state index contributed by atoms with van der Waals surface area (Å²) < 4.78 is 5.09. The topological polar surface area (TPSA) is 49.8 Å². The Morgan fingerprint density at radius 3 is 3.00 bits per heavy atom. The second-order valence-corrected chi connectivity index (χ2v) is 4.53. The molecule has 1 rings (SSSR count). The maximum Gasteiger partial charge on any atom is 0.410 e. The summed E-state index contributed by atoms with van der Waals surface area (Å²) >= 11 is 5.50. The molecule has 1 amide bonds.